The van der Waals surface area contributed by atoms with E-state index in [0.717, 1.165) is 25.7 Å². The molecule has 1 aromatic carbocycles. The Morgan fingerprint density at radius 1 is 1.24 bits per heavy atom. The van der Waals surface area contributed by atoms with Crippen LogP contribution in [-0.2, 0) is 0 Å². The number of nitrogens with zero attached hydrogens (tertiary/aromatic N) is 1. The quantitative estimate of drug-likeness (QED) is 0.861. The van der Waals surface area contributed by atoms with Crippen molar-refractivity contribution in [1.29, 1.82) is 5.26 Å². The summed E-state index contributed by atoms with van der Waals surface area (Å²) < 4.78 is 14.3. The van der Waals surface area contributed by atoms with Gasteiger partial charge in [0.25, 0.3) is 5.91 Å². The highest BCUT2D eigenvalue weighted by molar-refractivity contribution is 9.10. The average molecular weight is 353 g/mol. The molecule has 0 heterocycles. The molecule has 0 saturated heterocycles. The van der Waals surface area contributed by atoms with Gasteiger partial charge in [0.2, 0.25) is 0 Å². The summed E-state index contributed by atoms with van der Waals surface area (Å²) in [7, 11) is 0. The largest absolute Gasteiger partial charge is 0.334 e. The van der Waals surface area contributed by atoms with Gasteiger partial charge in [0.1, 0.15) is 11.4 Å². The second kappa shape index (κ2) is 7.04. The number of amides is 1. The maximum absolute atomic E-state index is 13.9. The summed E-state index contributed by atoms with van der Waals surface area (Å²) in [4.78, 5) is 12.4. The molecule has 1 aliphatic carbocycles. The second-order valence-electron chi connectivity index (χ2n) is 5.51. The van der Waals surface area contributed by atoms with E-state index in [4.69, 9.17) is 0 Å². The lowest BCUT2D eigenvalue weighted by Gasteiger charge is -2.30. The minimum atomic E-state index is -0.876. The van der Waals surface area contributed by atoms with Crippen LogP contribution in [0, 0.1) is 17.1 Å². The zero-order valence-corrected chi connectivity index (χ0v) is 13.4. The summed E-state index contributed by atoms with van der Waals surface area (Å²) in [5, 5.41) is 12.3. The molecule has 3 nitrogen and oxygen atoms in total. The van der Waals surface area contributed by atoms with Crippen LogP contribution >= 0.6 is 15.9 Å². The monoisotopic (exact) mass is 352 g/mol. The first-order chi connectivity index (χ1) is 10.1. The SMILES string of the molecule is N#CC1(NC(=O)c2c(F)cccc2Br)CCCCCCC1. The fourth-order valence-corrected chi connectivity index (χ4v) is 3.29. The molecule has 0 aromatic heterocycles. The molecule has 0 radical (unpaired) electrons. The molecule has 21 heavy (non-hydrogen) atoms. The Labute approximate surface area is 132 Å². The molecule has 1 amide bonds. The Morgan fingerprint density at radius 3 is 2.43 bits per heavy atom. The summed E-state index contributed by atoms with van der Waals surface area (Å²) in [6.07, 6.45) is 6.39. The van der Waals surface area contributed by atoms with E-state index in [1.165, 1.54) is 18.6 Å². The molecule has 0 aliphatic heterocycles. The number of benzene rings is 1. The van der Waals surface area contributed by atoms with Gasteiger partial charge < -0.3 is 5.32 Å². The minimum absolute atomic E-state index is 0.0332. The summed E-state index contributed by atoms with van der Waals surface area (Å²) in [6.45, 7) is 0. The van der Waals surface area contributed by atoms with Gasteiger partial charge in [-0.05, 0) is 40.9 Å². The Morgan fingerprint density at radius 2 is 1.86 bits per heavy atom. The first kappa shape index (κ1) is 16.0. The normalized spacial score (nSPS) is 18.1. The Bertz CT molecular complexity index is 540. The van der Waals surface area contributed by atoms with Gasteiger partial charge in [-0.2, -0.15) is 5.26 Å². The van der Waals surface area contributed by atoms with Crippen LogP contribution < -0.4 is 5.32 Å². The van der Waals surface area contributed by atoms with E-state index in [1.54, 1.807) is 6.07 Å². The van der Waals surface area contributed by atoms with Gasteiger partial charge in [-0.15, -0.1) is 0 Å². The van der Waals surface area contributed by atoms with Gasteiger partial charge in [0.05, 0.1) is 11.6 Å². The van der Waals surface area contributed by atoms with E-state index in [0.29, 0.717) is 17.3 Å². The van der Waals surface area contributed by atoms with Crippen molar-refractivity contribution >= 4 is 21.8 Å². The van der Waals surface area contributed by atoms with Gasteiger partial charge in [0, 0.05) is 4.47 Å². The Balaban J connectivity index is 2.21. The van der Waals surface area contributed by atoms with Crippen LogP contribution in [0.2, 0.25) is 0 Å². The molecule has 1 N–H and O–H groups in total. The highest BCUT2D eigenvalue weighted by Crippen LogP contribution is 2.27. The van der Waals surface area contributed by atoms with Crippen LogP contribution in [0.3, 0.4) is 0 Å². The maximum Gasteiger partial charge on any atom is 0.256 e. The van der Waals surface area contributed by atoms with E-state index in [9.17, 15) is 14.4 Å². The lowest BCUT2D eigenvalue weighted by atomic mass is 9.85. The van der Waals surface area contributed by atoms with Gasteiger partial charge >= 0.3 is 0 Å². The second-order valence-corrected chi connectivity index (χ2v) is 6.37. The Kier molecular flexibility index (Phi) is 5.35. The topological polar surface area (TPSA) is 52.9 Å². The molecule has 0 spiro atoms. The van der Waals surface area contributed by atoms with Gasteiger partial charge in [-0.25, -0.2) is 4.39 Å². The van der Waals surface area contributed by atoms with Crippen LogP contribution in [0.15, 0.2) is 22.7 Å². The number of rotatable bonds is 2. The molecule has 112 valence electrons. The fraction of sp³-hybridized carbons (Fsp3) is 0.500. The molecule has 1 aromatic rings. The van der Waals surface area contributed by atoms with Crippen molar-refractivity contribution in [3.05, 3.63) is 34.1 Å². The van der Waals surface area contributed by atoms with Crippen molar-refractivity contribution in [2.24, 2.45) is 0 Å². The van der Waals surface area contributed by atoms with E-state index in [-0.39, 0.29) is 5.56 Å². The molecule has 1 saturated carbocycles. The summed E-state index contributed by atoms with van der Waals surface area (Å²) in [6, 6.07) is 6.66. The number of halogens is 2. The summed E-state index contributed by atoms with van der Waals surface area (Å²) in [5.74, 6) is -1.11. The maximum atomic E-state index is 13.9. The number of hydrogen-bond acceptors (Lipinski definition) is 2. The van der Waals surface area contributed by atoms with Crippen molar-refractivity contribution in [1.82, 2.24) is 5.32 Å². The standard InChI is InChI=1S/C16H18BrFN2O/c17-12-7-6-8-13(18)14(12)15(21)20-16(11-19)9-4-2-1-3-5-10-16/h6-8H,1-5,9-10H2,(H,20,21). The minimum Gasteiger partial charge on any atom is -0.334 e. The van der Waals surface area contributed by atoms with Crippen molar-refractivity contribution in [3.63, 3.8) is 0 Å². The fourth-order valence-electron chi connectivity index (χ4n) is 2.77. The molecule has 5 heteroatoms. The van der Waals surface area contributed by atoms with Crippen LogP contribution in [0.5, 0.6) is 0 Å². The van der Waals surface area contributed by atoms with Gasteiger partial charge in [-0.3, -0.25) is 4.79 Å². The molecule has 0 atom stereocenters. The molecular formula is C16H18BrFN2O. The highest BCUT2D eigenvalue weighted by atomic mass is 79.9. The average Bonchev–Trinajstić information content (AvgIpc) is 2.42. The van der Waals surface area contributed by atoms with Gasteiger partial charge in [-0.1, -0.05) is 38.2 Å². The number of nitriles is 1. The van der Waals surface area contributed by atoms with E-state index in [1.807, 2.05) is 0 Å². The van der Waals surface area contributed by atoms with Crippen molar-refractivity contribution in [2.75, 3.05) is 0 Å². The van der Waals surface area contributed by atoms with Crippen LogP contribution in [0.25, 0.3) is 0 Å². The predicted molar refractivity (Wildman–Crippen MR) is 82.2 cm³/mol. The third kappa shape index (κ3) is 3.82. The summed E-state index contributed by atoms with van der Waals surface area (Å²) >= 11 is 3.20. The van der Waals surface area contributed by atoms with E-state index in [2.05, 4.69) is 27.3 Å². The molecule has 1 fully saturated rings. The molecule has 0 bridgehead atoms. The first-order valence-electron chi connectivity index (χ1n) is 7.26. The van der Waals surface area contributed by atoms with Crippen LogP contribution in [-0.4, -0.2) is 11.4 Å². The Hall–Kier alpha value is -1.41. The van der Waals surface area contributed by atoms with Gasteiger partial charge in [0.15, 0.2) is 0 Å². The van der Waals surface area contributed by atoms with Crippen LogP contribution in [0.4, 0.5) is 4.39 Å². The predicted octanol–water partition coefficient (Wildman–Crippen LogP) is 4.32. The number of nitrogens with one attached hydrogen (secondary N) is 1. The lowest BCUT2D eigenvalue weighted by molar-refractivity contribution is 0.0902. The highest BCUT2D eigenvalue weighted by Gasteiger charge is 2.33. The van der Waals surface area contributed by atoms with E-state index >= 15 is 0 Å². The molecular weight excluding hydrogens is 335 g/mol. The summed E-state index contributed by atoms with van der Waals surface area (Å²) in [5.41, 5.74) is -0.909. The lowest BCUT2D eigenvalue weighted by Crippen LogP contribution is -2.48. The molecule has 1 aliphatic rings. The van der Waals surface area contributed by atoms with Crippen molar-refractivity contribution in [2.45, 2.75) is 50.5 Å². The zero-order chi connectivity index (χ0) is 15.3. The number of carbonyl (C=O) groups is 1. The molecule has 0 unspecified atom stereocenters. The van der Waals surface area contributed by atoms with Crippen molar-refractivity contribution < 1.29 is 9.18 Å². The third-order valence-electron chi connectivity index (χ3n) is 3.96. The molecule has 2 rings (SSSR count). The third-order valence-corrected chi connectivity index (χ3v) is 4.62. The van der Waals surface area contributed by atoms with Crippen molar-refractivity contribution in [3.8, 4) is 6.07 Å². The zero-order valence-electron chi connectivity index (χ0n) is 11.8. The van der Waals surface area contributed by atoms with Crippen LogP contribution in [0.1, 0.15) is 55.3 Å². The number of hydrogen-bond donors (Lipinski definition) is 1. The number of carbonyl (C=O) groups excluding carboxylic acids is 1. The smallest absolute Gasteiger partial charge is 0.256 e. The van der Waals surface area contributed by atoms with E-state index < -0.39 is 17.3 Å². The first-order valence-corrected chi connectivity index (χ1v) is 8.05.